The van der Waals surface area contributed by atoms with Crippen LogP contribution in [-0.4, -0.2) is 30.8 Å². The van der Waals surface area contributed by atoms with E-state index in [1.54, 1.807) is 0 Å². The first-order chi connectivity index (χ1) is 9.01. The van der Waals surface area contributed by atoms with Crippen LogP contribution in [-0.2, 0) is 4.74 Å². The number of halogens is 7. The Kier molecular flexibility index (Phi) is 5.04. The summed E-state index contributed by atoms with van der Waals surface area (Å²) in [5.74, 6) is -1.04. The van der Waals surface area contributed by atoms with E-state index in [1.807, 2.05) is 0 Å². The number of benzene rings is 1. The topological polar surface area (TPSA) is 26.3 Å². The van der Waals surface area contributed by atoms with Crippen LogP contribution < -0.4 is 0 Å². The minimum Gasteiger partial charge on any atom is -0.353 e. The molecule has 0 heterocycles. The number of rotatable bonds is 4. The van der Waals surface area contributed by atoms with E-state index in [0.29, 0.717) is 0 Å². The van der Waals surface area contributed by atoms with Crippen molar-refractivity contribution in [3.8, 4) is 0 Å². The van der Waals surface area contributed by atoms with Crippen molar-refractivity contribution in [1.82, 2.24) is 0 Å². The van der Waals surface area contributed by atoms with Crippen LogP contribution in [0.15, 0.2) is 24.3 Å². The summed E-state index contributed by atoms with van der Waals surface area (Å²) >= 11 is 5.54. The summed E-state index contributed by atoms with van der Waals surface area (Å²) in [5.41, 5.74) is -0.138. The van der Waals surface area contributed by atoms with Crippen LogP contribution >= 0.6 is 11.6 Å². The van der Waals surface area contributed by atoms with Gasteiger partial charge in [0.25, 0.3) is 0 Å². The molecular formula is C11H7ClF6O2. The largest absolute Gasteiger partial charge is 0.423 e. The van der Waals surface area contributed by atoms with Gasteiger partial charge in [0.2, 0.25) is 6.10 Å². The normalized spacial score (nSPS) is 12.8. The number of alkyl halides is 6. The molecule has 0 saturated carbocycles. The molecule has 0 fully saturated rings. The molecule has 9 heteroatoms. The monoisotopic (exact) mass is 320 g/mol. The summed E-state index contributed by atoms with van der Waals surface area (Å²) in [5, 5.41) is 0.124. The zero-order valence-corrected chi connectivity index (χ0v) is 10.3. The lowest BCUT2D eigenvalue weighted by Gasteiger charge is -2.22. The van der Waals surface area contributed by atoms with Gasteiger partial charge in [0.05, 0.1) is 0 Å². The van der Waals surface area contributed by atoms with Crippen LogP contribution in [0, 0.1) is 0 Å². The lowest BCUT2D eigenvalue weighted by atomic mass is 10.1. The number of ether oxygens (including phenoxy) is 1. The summed E-state index contributed by atoms with van der Waals surface area (Å²) in [6, 6.07) is 5.05. The van der Waals surface area contributed by atoms with Crippen molar-refractivity contribution >= 4 is 17.4 Å². The van der Waals surface area contributed by atoms with Crippen molar-refractivity contribution in [2.24, 2.45) is 0 Å². The van der Waals surface area contributed by atoms with Crippen molar-refractivity contribution in [2.75, 3.05) is 6.61 Å². The maximum absolute atomic E-state index is 12.2. The molecule has 20 heavy (non-hydrogen) atoms. The lowest BCUT2D eigenvalue weighted by molar-refractivity contribution is -0.318. The van der Waals surface area contributed by atoms with Gasteiger partial charge in [-0.25, -0.2) is 0 Å². The molecule has 0 atom stereocenters. The zero-order chi connectivity index (χ0) is 15.6. The van der Waals surface area contributed by atoms with E-state index < -0.39 is 30.8 Å². The van der Waals surface area contributed by atoms with Gasteiger partial charge in [-0.05, 0) is 12.1 Å². The number of carbonyl (C=O) groups is 1. The van der Waals surface area contributed by atoms with E-state index in [4.69, 9.17) is 11.6 Å². The van der Waals surface area contributed by atoms with Crippen molar-refractivity contribution in [2.45, 2.75) is 18.5 Å². The summed E-state index contributed by atoms with van der Waals surface area (Å²) < 4.78 is 76.6. The van der Waals surface area contributed by atoms with Crippen LogP contribution in [0.2, 0.25) is 5.02 Å². The van der Waals surface area contributed by atoms with Crippen molar-refractivity contribution in [3.05, 3.63) is 34.9 Å². The van der Waals surface area contributed by atoms with E-state index in [2.05, 4.69) is 4.74 Å². The smallest absolute Gasteiger partial charge is 0.353 e. The van der Waals surface area contributed by atoms with Gasteiger partial charge in [-0.1, -0.05) is 23.7 Å². The van der Waals surface area contributed by atoms with Gasteiger partial charge in [0.15, 0.2) is 5.78 Å². The fourth-order valence-electron chi connectivity index (χ4n) is 1.28. The van der Waals surface area contributed by atoms with E-state index in [-0.39, 0.29) is 10.6 Å². The summed E-state index contributed by atoms with van der Waals surface area (Å²) in [4.78, 5) is 11.4. The second-order valence-electron chi connectivity index (χ2n) is 3.71. The zero-order valence-electron chi connectivity index (χ0n) is 9.56. The van der Waals surface area contributed by atoms with Crippen LogP contribution in [0.4, 0.5) is 26.3 Å². The molecule has 1 aromatic carbocycles. The predicted molar refractivity (Wildman–Crippen MR) is 57.6 cm³/mol. The summed E-state index contributed by atoms with van der Waals surface area (Å²) in [6.45, 7) is -1.36. The molecule has 0 saturated heterocycles. The van der Waals surface area contributed by atoms with Gasteiger partial charge < -0.3 is 4.74 Å². The van der Waals surface area contributed by atoms with Crippen LogP contribution in [0.25, 0.3) is 0 Å². The van der Waals surface area contributed by atoms with Gasteiger partial charge in [0.1, 0.15) is 6.61 Å². The van der Waals surface area contributed by atoms with Gasteiger partial charge in [-0.15, -0.1) is 0 Å². The SMILES string of the molecule is O=C(COC(C(F)(F)F)C(F)(F)F)c1cccc(Cl)c1. The first kappa shape index (κ1) is 16.8. The molecule has 2 nitrogen and oxygen atoms in total. The molecular weight excluding hydrogens is 314 g/mol. The van der Waals surface area contributed by atoms with Gasteiger partial charge in [0, 0.05) is 10.6 Å². The predicted octanol–water partition coefficient (Wildman–Crippen LogP) is 4.03. The second kappa shape index (κ2) is 6.01. The highest BCUT2D eigenvalue weighted by atomic mass is 35.5. The third-order valence-electron chi connectivity index (χ3n) is 2.12. The van der Waals surface area contributed by atoms with Crippen LogP contribution in [0.3, 0.4) is 0 Å². The highest BCUT2D eigenvalue weighted by Crippen LogP contribution is 2.35. The van der Waals surface area contributed by atoms with E-state index in [1.165, 1.54) is 18.2 Å². The summed E-state index contributed by atoms with van der Waals surface area (Å²) in [7, 11) is 0. The van der Waals surface area contributed by atoms with Crippen LogP contribution in [0.1, 0.15) is 10.4 Å². The third kappa shape index (κ3) is 4.68. The second-order valence-corrected chi connectivity index (χ2v) is 4.14. The average molecular weight is 321 g/mol. The first-order valence-electron chi connectivity index (χ1n) is 5.05. The van der Waals surface area contributed by atoms with Crippen molar-refractivity contribution in [1.29, 1.82) is 0 Å². The Hall–Kier alpha value is -1.28. The molecule has 0 aliphatic rings. The molecule has 0 aliphatic carbocycles. The molecule has 0 unspecified atom stereocenters. The molecule has 1 rings (SSSR count). The Morgan fingerprint density at radius 3 is 2.15 bits per heavy atom. The Morgan fingerprint density at radius 2 is 1.70 bits per heavy atom. The van der Waals surface area contributed by atoms with E-state index in [0.717, 1.165) is 6.07 Å². The Morgan fingerprint density at radius 1 is 1.15 bits per heavy atom. The standard InChI is InChI=1S/C11H7ClF6O2/c12-7-3-1-2-6(4-7)8(19)5-20-9(10(13,14)15)11(16,17)18/h1-4,9H,5H2. The van der Waals surface area contributed by atoms with Crippen molar-refractivity contribution in [3.63, 3.8) is 0 Å². The van der Waals surface area contributed by atoms with Crippen molar-refractivity contribution < 1.29 is 35.9 Å². The Balaban J connectivity index is 2.76. The van der Waals surface area contributed by atoms with Gasteiger partial charge in [-0.3, -0.25) is 4.79 Å². The summed E-state index contributed by atoms with van der Waals surface area (Å²) in [6.07, 6.45) is -15.3. The first-order valence-corrected chi connectivity index (χ1v) is 5.43. The highest BCUT2D eigenvalue weighted by molar-refractivity contribution is 6.31. The molecule has 0 radical (unpaired) electrons. The Labute approximate surface area is 114 Å². The molecule has 0 amide bonds. The molecule has 0 aliphatic heterocycles. The molecule has 0 spiro atoms. The fourth-order valence-corrected chi connectivity index (χ4v) is 1.47. The maximum atomic E-state index is 12.2. The molecule has 0 aromatic heterocycles. The minimum atomic E-state index is -5.65. The molecule has 0 bridgehead atoms. The number of ketones is 1. The molecule has 1 aromatic rings. The van der Waals surface area contributed by atoms with Gasteiger partial charge >= 0.3 is 12.4 Å². The quantitative estimate of drug-likeness (QED) is 0.618. The highest BCUT2D eigenvalue weighted by Gasteiger charge is 2.58. The lowest BCUT2D eigenvalue weighted by Crippen LogP contribution is -2.45. The average Bonchev–Trinajstić information content (AvgIpc) is 2.25. The number of carbonyl (C=O) groups excluding carboxylic acids is 1. The molecule has 112 valence electrons. The minimum absolute atomic E-state index is 0.124. The van der Waals surface area contributed by atoms with Gasteiger partial charge in [-0.2, -0.15) is 26.3 Å². The van der Waals surface area contributed by atoms with E-state index >= 15 is 0 Å². The number of hydrogen-bond acceptors (Lipinski definition) is 2. The van der Waals surface area contributed by atoms with E-state index in [9.17, 15) is 31.1 Å². The fraction of sp³-hybridized carbons (Fsp3) is 0.364. The maximum Gasteiger partial charge on any atom is 0.423 e. The number of hydrogen-bond donors (Lipinski definition) is 0. The Bertz CT molecular complexity index is 469. The molecule has 0 N–H and O–H groups in total. The van der Waals surface area contributed by atoms with Crippen LogP contribution in [0.5, 0.6) is 0 Å². The third-order valence-corrected chi connectivity index (χ3v) is 2.36. The number of Topliss-reactive ketones (excluding diaryl/α,β-unsaturated/α-hetero) is 1.